The predicted octanol–water partition coefficient (Wildman–Crippen LogP) is 5.91. The lowest BCUT2D eigenvalue weighted by Crippen LogP contribution is -2.65. The maximum Gasteiger partial charge on any atom is 0.254 e. The second-order valence-corrected chi connectivity index (χ2v) is 16.8. The van der Waals surface area contributed by atoms with E-state index in [4.69, 9.17) is 18.9 Å². The molecule has 312 valence electrons. The molecule has 11 nitrogen and oxygen atoms in total. The van der Waals surface area contributed by atoms with Crippen LogP contribution in [0, 0.1) is 6.92 Å². The van der Waals surface area contributed by atoms with E-state index in [0.717, 1.165) is 27.8 Å². The first-order chi connectivity index (χ1) is 28.5. The molecule has 2 N–H and O–H groups in total. The van der Waals surface area contributed by atoms with Crippen molar-refractivity contribution in [2.75, 3.05) is 32.8 Å². The molecule has 5 aromatic carbocycles. The third-order valence-electron chi connectivity index (χ3n) is 10.5. The number of aliphatic hydroxyl groups excluding tert-OH is 1. The first-order valence-corrected chi connectivity index (χ1v) is 21.3. The summed E-state index contributed by atoms with van der Waals surface area (Å²) in [6, 6.07) is 44.3. The summed E-state index contributed by atoms with van der Waals surface area (Å²) < 4.78 is 54.7. The number of hydrogen-bond acceptors (Lipinski definition) is 9. The summed E-state index contributed by atoms with van der Waals surface area (Å²) in [5, 5.41) is 24.2. The van der Waals surface area contributed by atoms with Crippen LogP contribution < -0.4 is 0 Å². The van der Waals surface area contributed by atoms with Gasteiger partial charge in [0.15, 0.2) is 6.10 Å². The fraction of sp³-hybridized carbons (Fsp3) is 0.340. The van der Waals surface area contributed by atoms with Crippen LogP contribution in [0.15, 0.2) is 150 Å². The molecule has 5 aromatic rings. The average Bonchev–Trinajstić information content (AvgIpc) is 3.26. The van der Waals surface area contributed by atoms with Gasteiger partial charge in [-0.3, -0.25) is 4.79 Å². The van der Waals surface area contributed by atoms with E-state index in [1.165, 1.54) is 11.2 Å². The Morgan fingerprint density at radius 2 is 1.08 bits per heavy atom. The second kappa shape index (κ2) is 21.0. The zero-order chi connectivity index (χ0) is 41.7. The number of carbonyl (C=O) groups is 1. The number of sulfonamides is 1. The Bertz CT molecular complexity index is 2120. The molecule has 1 aliphatic heterocycles. The SMILES string of the molecule is Cc1ccc(S(=O)(=O)N2CCN(C(=O)[C@H](OCc3ccccc3)[C@@H](OCc3ccccc3)[C@H](OCc3ccccc3)[C@@](O)(COCc3ccccc3)[C@@H](C)O)CC2)cc1. The zero-order valence-electron chi connectivity index (χ0n) is 33.6. The molecular formula is C47H54N2O9S. The maximum atomic E-state index is 15.0. The van der Waals surface area contributed by atoms with Crippen LogP contribution in [0.3, 0.4) is 0 Å². The first-order valence-electron chi connectivity index (χ1n) is 19.9. The zero-order valence-corrected chi connectivity index (χ0v) is 34.4. The van der Waals surface area contributed by atoms with Crippen molar-refractivity contribution in [1.82, 2.24) is 9.21 Å². The van der Waals surface area contributed by atoms with Crippen molar-refractivity contribution in [3.8, 4) is 0 Å². The molecule has 0 unspecified atom stereocenters. The third-order valence-corrected chi connectivity index (χ3v) is 12.5. The molecule has 1 saturated heterocycles. The van der Waals surface area contributed by atoms with Gasteiger partial charge in [-0.25, -0.2) is 8.42 Å². The van der Waals surface area contributed by atoms with Gasteiger partial charge in [-0.05, 0) is 48.2 Å². The van der Waals surface area contributed by atoms with E-state index in [9.17, 15) is 18.6 Å². The third kappa shape index (κ3) is 11.7. The van der Waals surface area contributed by atoms with E-state index in [1.807, 2.05) is 128 Å². The van der Waals surface area contributed by atoms with Gasteiger partial charge in [0.1, 0.15) is 17.8 Å². The minimum atomic E-state index is -3.81. The molecule has 1 aliphatic rings. The molecule has 6 rings (SSSR count). The topological polar surface area (TPSA) is 135 Å². The van der Waals surface area contributed by atoms with Crippen LogP contribution in [0.1, 0.15) is 34.7 Å². The minimum absolute atomic E-state index is 0.000437. The molecule has 0 saturated carbocycles. The van der Waals surface area contributed by atoms with Crippen molar-refractivity contribution in [2.24, 2.45) is 0 Å². The van der Waals surface area contributed by atoms with Gasteiger partial charge in [0.2, 0.25) is 10.0 Å². The molecular weight excluding hydrogens is 769 g/mol. The summed E-state index contributed by atoms with van der Waals surface area (Å²) in [5.74, 6) is -0.474. The normalized spacial score (nSPS) is 16.8. The number of amides is 1. The fourth-order valence-electron chi connectivity index (χ4n) is 6.99. The molecule has 1 heterocycles. The van der Waals surface area contributed by atoms with Gasteiger partial charge in [-0.1, -0.05) is 139 Å². The number of hydrogen-bond donors (Lipinski definition) is 2. The van der Waals surface area contributed by atoms with Crippen LogP contribution in [0.4, 0.5) is 0 Å². The summed E-state index contributed by atoms with van der Waals surface area (Å²) in [6.45, 7) is 3.40. The van der Waals surface area contributed by atoms with Gasteiger partial charge in [0.05, 0.1) is 44.0 Å². The molecule has 0 aromatic heterocycles. The Balaban J connectivity index is 1.36. The quantitative estimate of drug-likeness (QED) is 0.0983. The lowest BCUT2D eigenvalue weighted by atomic mass is 9.85. The van der Waals surface area contributed by atoms with Crippen molar-refractivity contribution < 1.29 is 42.4 Å². The van der Waals surface area contributed by atoms with E-state index in [1.54, 1.807) is 29.2 Å². The van der Waals surface area contributed by atoms with Gasteiger partial charge in [0.25, 0.3) is 5.91 Å². The summed E-state index contributed by atoms with van der Waals surface area (Å²) >= 11 is 0. The smallest absolute Gasteiger partial charge is 0.254 e. The van der Waals surface area contributed by atoms with Crippen LogP contribution in [0.5, 0.6) is 0 Å². The predicted molar refractivity (Wildman–Crippen MR) is 224 cm³/mol. The highest BCUT2D eigenvalue weighted by Crippen LogP contribution is 2.31. The minimum Gasteiger partial charge on any atom is -0.390 e. The van der Waals surface area contributed by atoms with Crippen molar-refractivity contribution in [3.05, 3.63) is 173 Å². The van der Waals surface area contributed by atoms with E-state index in [-0.39, 0.29) is 64.1 Å². The number of aliphatic hydroxyl groups is 2. The van der Waals surface area contributed by atoms with Gasteiger partial charge >= 0.3 is 0 Å². The summed E-state index contributed by atoms with van der Waals surface area (Å²) in [7, 11) is -3.81. The van der Waals surface area contributed by atoms with Crippen LogP contribution in [-0.4, -0.2) is 96.5 Å². The highest BCUT2D eigenvalue weighted by molar-refractivity contribution is 7.89. The van der Waals surface area contributed by atoms with E-state index >= 15 is 4.79 Å². The molecule has 59 heavy (non-hydrogen) atoms. The number of carbonyl (C=O) groups excluding carboxylic acids is 1. The Labute approximate surface area is 347 Å². The summed E-state index contributed by atoms with van der Waals surface area (Å²) in [4.78, 5) is 16.8. The summed E-state index contributed by atoms with van der Waals surface area (Å²) in [6.07, 6.45) is -5.53. The van der Waals surface area contributed by atoms with E-state index in [0.29, 0.717) is 0 Å². The van der Waals surface area contributed by atoms with Gasteiger partial charge in [-0.2, -0.15) is 4.31 Å². The Hall–Kier alpha value is -4.76. The maximum absolute atomic E-state index is 15.0. The Morgan fingerprint density at radius 3 is 1.56 bits per heavy atom. The Kier molecular flexibility index (Phi) is 15.6. The molecule has 0 radical (unpaired) electrons. The number of benzene rings is 5. The molecule has 1 fully saturated rings. The van der Waals surface area contributed by atoms with E-state index in [2.05, 4.69) is 0 Å². The standard InChI is InChI=1S/C47H54N2O9S/c1-36-23-25-42(26-24-36)59(53,54)49-29-27-48(28-30-49)46(51)44(57-33-40-19-11-5-12-20-40)43(56-32-39-17-9-4-10-18-39)45(58-34-41-21-13-6-14-22-41)47(52,37(2)50)35-55-31-38-15-7-3-8-16-38/h3-26,37,43-45,50,52H,27-35H2,1-2H3/t37-,43-,44-,45+,47-/m1/s1. The van der Waals surface area contributed by atoms with Crippen LogP contribution in [0.25, 0.3) is 0 Å². The highest BCUT2D eigenvalue weighted by Gasteiger charge is 2.52. The molecule has 0 aliphatic carbocycles. The van der Waals surface area contributed by atoms with Crippen LogP contribution in [-0.2, 0) is 60.2 Å². The second-order valence-electron chi connectivity index (χ2n) is 14.9. The lowest BCUT2D eigenvalue weighted by molar-refractivity contribution is -0.247. The van der Waals surface area contributed by atoms with Crippen molar-refractivity contribution in [3.63, 3.8) is 0 Å². The first kappa shape index (κ1) is 43.8. The average molecular weight is 823 g/mol. The largest absolute Gasteiger partial charge is 0.390 e. The van der Waals surface area contributed by atoms with Crippen molar-refractivity contribution >= 4 is 15.9 Å². The Morgan fingerprint density at radius 1 is 0.644 bits per heavy atom. The monoisotopic (exact) mass is 822 g/mol. The molecule has 5 atom stereocenters. The van der Waals surface area contributed by atoms with Gasteiger partial charge in [0, 0.05) is 26.2 Å². The van der Waals surface area contributed by atoms with Gasteiger partial charge in [-0.15, -0.1) is 0 Å². The van der Waals surface area contributed by atoms with Crippen molar-refractivity contribution in [2.45, 2.75) is 75.2 Å². The van der Waals surface area contributed by atoms with Gasteiger partial charge < -0.3 is 34.1 Å². The van der Waals surface area contributed by atoms with E-state index < -0.39 is 45.9 Å². The molecule has 1 amide bonds. The number of rotatable bonds is 20. The molecule has 0 spiro atoms. The number of nitrogens with zero attached hydrogens (tertiary/aromatic N) is 2. The number of ether oxygens (including phenoxy) is 4. The molecule has 0 bridgehead atoms. The highest BCUT2D eigenvalue weighted by atomic mass is 32.2. The van der Waals surface area contributed by atoms with Crippen molar-refractivity contribution in [1.29, 1.82) is 0 Å². The fourth-order valence-corrected chi connectivity index (χ4v) is 8.41. The summed E-state index contributed by atoms with van der Waals surface area (Å²) in [5.41, 5.74) is 2.06. The van der Waals surface area contributed by atoms with Crippen LogP contribution in [0.2, 0.25) is 0 Å². The number of piperazine rings is 1. The number of aryl methyl sites for hydroxylation is 1. The molecule has 12 heteroatoms. The van der Waals surface area contributed by atoms with Crippen LogP contribution >= 0.6 is 0 Å². The lowest BCUT2D eigenvalue weighted by Gasteiger charge is -2.44.